The molecule has 0 aliphatic heterocycles. The lowest BCUT2D eigenvalue weighted by atomic mass is 9.98. The van der Waals surface area contributed by atoms with Crippen LogP contribution in [0.3, 0.4) is 0 Å². The molecular formula is C13H19NO. The van der Waals surface area contributed by atoms with Crippen LogP contribution in [0.4, 0.5) is 0 Å². The fourth-order valence-corrected chi connectivity index (χ4v) is 2.41. The molecule has 15 heavy (non-hydrogen) atoms. The first kappa shape index (κ1) is 10.5. The molecule has 82 valence electrons. The van der Waals surface area contributed by atoms with E-state index in [2.05, 4.69) is 23.5 Å². The third-order valence-corrected chi connectivity index (χ3v) is 3.30. The molecule has 0 bridgehead atoms. The van der Waals surface area contributed by atoms with E-state index in [4.69, 9.17) is 4.74 Å². The maximum atomic E-state index is 5.28. The molecule has 0 spiro atoms. The van der Waals surface area contributed by atoms with E-state index in [9.17, 15) is 0 Å². The zero-order valence-corrected chi connectivity index (χ0v) is 9.55. The predicted octanol–water partition coefficient (Wildman–Crippen LogP) is 2.33. The minimum Gasteiger partial charge on any atom is -0.497 e. The van der Waals surface area contributed by atoms with Crippen LogP contribution >= 0.6 is 0 Å². The Morgan fingerprint density at radius 1 is 1.47 bits per heavy atom. The number of nitrogens with one attached hydrogen (secondary N) is 1. The van der Waals surface area contributed by atoms with Gasteiger partial charge in [-0.15, -0.1) is 0 Å². The molecule has 0 fully saturated rings. The maximum absolute atomic E-state index is 5.28. The van der Waals surface area contributed by atoms with Crippen molar-refractivity contribution >= 4 is 0 Å². The van der Waals surface area contributed by atoms with Crippen LogP contribution in [0.1, 0.15) is 29.9 Å². The SMILES string of the molecule is CNCCC1CCc2ccc(OC)cc21. The summed E-state index contributed by atoms with van der Waals surface area (Å²) in [6.07, 6.45) is 3.76. The lowest BCUT2D eigenvalue weighted by molar-refractivity contribution is 0.414. The third-order valence-electron chi connectivity index (χ3n) is 3.30. The fourth-order valence-electron chi connectivity index (χ4n) is 2.41. The summed E-state index contributed by atoms with van der Waals surface area (Å²) in [5, 5.41) is 3.22. The van der Waals surface area contributed by atoms with Crippen LogP contribution in [0.2, 0.25) is 0 Å². The van der Waals surface area contributed by atoms with E-state index in [1.807, 2.05) is 7.05 Å². The molecule has 0 saturated carbocycles. The quantitative estimate of drug-likeness (QED) is 0.814. The zero-order chi connectivity index (χ0) is 10.7. The Morgan fingerprint density at radius 3 is 3.07 bits per heavy atom. The van der Waals surface area contributed by atoms with E-state index in [-0.39, 0.29) is 0 Å². The summed E-state index contributed by atoms with van der Waals surface area (Å²) >= 11 is 0. The van der Waals surface area contributed by atoms with Gasteiger partial charge < -0.3 is 10.1 Å². The summed E-state index contributed by atoms with van der Waals surface area (Å²) in [5.74, 6) is 1.72. The van der Waals surface area contributed by atoms with E-state index in [1.165, 1.54) is 30.4 Å². The van der Waals surface area contributed by atoms with E-state index >= 15 is 0 Å². The number of fused-ring (bicyclic) bond motifs is 1. The molecule has 2 heteroatoms. The summed E-state index contributed by atoms with van der Waals surface area (Å²) in [6.45, 7) is 1.10. The van der Waals surface area contributed by atoms with Crippen molar-refractivity contribution in [1.82, 2.24) is 5.32 Å². The van der Waals surface area contributed by atoms with E-state index in [1.54, 1.807) is 7.11 Å². The first-order valence-electron chi connectivity index (χ1n) is 5.66. The normalized spacial score (nSPS) is 18.9. The molecule has 2 nitrogen and oxygen atoms in total. The smallest absolute Gasteiger partial charge is 0.119 e. The Hall–Kier alpha value is -1.02. The van der Waals surface area contributed by atoms with Gasteiger partial charge in [0.1, 0.15) is 5.75 Å². The van der Waals surface area contributed by atoms with Gasteiger partial charge >= 0.3 is 0 Å². The lowest BCUT2D eigenvalue weighted by Gasteiger charge is -2.12. The molecule has 0 saturated heterocycles. The van der Waals surface area contributed by atoms with Crippen LogP contribution in [0.15, 0.2) is 18.2 Å². The van der Waals surface area contributed by atoms with Crippen LogP contribution in [0.25, 0.3) is 0 Å². The summed E-state index contributed by atoms with van der Waals surface area (Å²) in [5.41, 5.74) is 3.02. The van der Waals surface area contributed by atoms with Crippen molar-refractivity contribution in [2.75, 3.05) is 20.7 Å². The molecule has 1 aromatic rings. The summed E-state index contributed by atoms with van der Waals surface area (Å²) in [6, 6.07) is 6.50. The number of rotatable bonds is 4. The Kier molecular flexibility index (Phi) is 3.27. The number of benzene rings is 1. The summed E-state index contributed by atoms with van der Waals surface area (Å²) in [7, 11) is 3.75. The Morgan fingerprint density at radius 2 is 2.33 bits per heavy atom. The van der Waals surface area contributed by atoms with E-state index in [0.717, 1.165) is 18.2 Å². The van der Waals surface area contributed by atoms with Gasteiger partial charge in [0.05, 0.1) is 7.11 Å². The second kappa shape index (κ2) is 4.67. The van der Waals surface area contributed by atoms with Gasteiger partial charge in [0.2, 0.25) is 0 Å². The molecule has 2 rings (SSSR count). The molecule has 0 aromatic heterocycles. The largest absolute Gasteiger partial charge is 0.497 e. The van der Waals surface area contributed by atoms with E-state index in [0.29, 0.717) is 0 Å². The summed E-state index contributed by atoms with van der Waals surface area (Å²) in [4.78, 5) is 0. The monoisotopic (exact) mass is 205 g/mol. The maximum Gasteiger partial charge on any atom is 0.119 e. The number of ether oxygens (including phenoxy) is 1. The van der Waals surface area contributed by atoms with Gasteiger partial charge in [-0.2, -0.15) is 0 Å². The highest BCUT2D eigenvalue weighted by atomic mass is 16.5. The van der Waals surface area contributed by atoms with Crippen LogP contribution in [0, 0.1) is 0 Å². The first-order valence-corrected chi connectivity index (χ1v) is 5.66. The highest BCUT2D eigenvalue weighted by Gasteiger charge is 2.22. The molecule has 0 heterocycles. The van der Waals surface area contributed by atoms with Crippen LogP contribution < -0.4 is 10.1 Å². The lowest BCUT2D eigenvalue weighted by Crippen LogP contribution is -2.10. The van der Waals surface area contributed by atoms with Gasteiger partial charge in [-0.05, 0) is 62.0 Å². The van der Waals surface area contributed by atoms with Crippen molar-refractivity contribution < 1.29 is 4.74 Å². The number of methoxy groups -OCH3 is 1. The van der Waals surface area contributed by atoms with Crippen molar-refractivity contribution in [1.29, 1.82) is 0 Å². The van der Waals surface area contributed by atoms with Gasteiger partial charge in [-0.3, -0.25) is 0 Å². The minimum atomic E-state index is 0.725. The van der Waals surface area contributed by atoms with Crippen molar-refractivity contribution in [3.05, 3.63) is 29.3 Å². The standard InChI is InChI=1S/C13H19NO/c1-14-8-7-11-4-3-10-5-6-12(15-2)9-13(10)11/h5-6,9,11,14H,3-4,7-8H2,1-2H3. The molecule has 1 atom stereocenters. The zero-order valence-electron chi connectivity index (χ0n) is 9.55. The molecule has 0 radical (unpaired) electrons. The Bertz CT molecular complexity index is 335. The van der Waals surface area contributed by atoms with Crippen molar-refractivity contribution in [2.45, 2.75) is 25.2 Å². The van der Waals surface area contributed by atoms with Gasteiger partial charge in [0.25, 0.3) is 0 Å². The molecule has 1 unspecified atom stereocenters. The number of hydrogen-bond donors (Lipinski definition) is 1. The number of hydrogen-bond acceptors (Lipinski definition) is 2. The van der Waals surface area contributed by atoms with Crippen molar-refractivity contribution in [3.63, 3.8) is 0 Å². The molecule has 1 aromatic carbocycles. The molecular weight excluding hydrogens is 186 g/mol. The fraction of sp³-hybridized carbons (Fsp3) is 0.538. The van der Waals surface area contributed by atoms with Gasteiger partial charge in [-0.25, -0.2) is 0 Å². The highest BCUT2D eigenvalue weighted by molar-refractivity contribution is 5.41. The molecule has 1 aliphatic carbocycles. The average Bonchev–Trinajstić information content (AvgIpc) is 2.68. The first-order chi connectivity index (χ1) is 7.35. The van der Waals surface area contributed by atoms with Crippen molar-refractivity contribution in [3.8, 4) is 5.75 Å². The molecule has 1 N–H and O–H groups in total. The molecule has 0 amide bonds. The second-order valence-corrected chi connectivity index (χ2v) is 4.19. The second-order valence-electron chi connectivity index (χ2n) is 4.19. The van der Waals surface area contributed by atoms with Crippen LogP contribution in [0.5, 0.6) is 5.75 Å². The van der Waals surface area contributed by atoms with Gasteiger partial charge in [0, 0.05) is 0 Å². The van der Waals surface area contributed by atoms with Crippen LogP contribution in [-0.4, -0.2) is 20.7 Å². The third kappa shape index (κ3) is 2.15. The Labute approximate surface area is 91.6 Å². The molecule has 1 aliphatic rings. The predicted molar refractivity (Wildman–Crippen MR) is 62.6 cm³/mol. The minimum absolute atomic E-state index is 0.725. The highest BCUT2D eigenvalue weighted by Crippen LogP contribution is 2.37. The van der Waals surface area contributed by atoms with E-state index < -0.39 is 0 Å². The van der Waals surface area contributed by atoms with Crippen LogP contribution in [-0.2, 0) is 6.42 Å². The average molecular weight is 205 g/mol. The van der Waals surface area contributed by atoms with Gasteiger partial charge in [0.15, 0.2) is 0 Å². The van der Waals surface area contributed by atoms with Crippen molar-refractivity contribution in [2.24, 2.45) is 0 Å². The summed E-state index contributed by atoms with van der Waals surface area (Å²) < 4.78 is 5.28. The Balaban J connectivity index is 2.16. The van der Waals surface area contributed by atoms with Gasteiger partial charge in [-0.1, -0.05) is 6.07 Å². The number of aryl methyl sites for hydroxylation is 1. The topological polar surface area (TPSA) is 21.3 Å².